The molecule has 0 heterocycles. The minimum absolute atomic E-state index is 0.0211. The molecule has 1 atom stereocenters. The molecule has 4 heteroatoms. The summed E-state index contributed by atoms with van der Waals surface area (Å²) in [5, 5.41) is 0. The van der Waals surface area contributed by atoms with E-state index in [1.54, 1.807) is 6.08 Å². The van der Waals surface area contributed by atoms with Crippen LogP contribution in [0.1, 0.15) is 19.3 Å². The molecule has 110 valence electrons. The van der Waals surface area contributed by atoms with Crippen molar-refractivity contribution in [3.8, 4) is 0 Å². The fraction of sp³-hybridized carbons (Fsp3) is 0.667. The predicted octanol–water partition coefficient (Wildman–Crippen LogP) is 3.80. The van der Waals surface area contributed by atoms with Gasteiger partial charge in [0.05, 0.1) is 6.10 Å². The third kappa shape index (κ3) is 13.5. The van der Waals surface area contributed by atoms with Gasteiger partial charge >= 0.3 is 0 Å². The molecule has 0 unspecified atom stereocenters. The standard InChI is InChI=1S/C15H28O3Si/c1-5-15(10-8-6-7-9-11-16)18-14-17-12-13-19(2,3)4/h5-7,11,15H,1,8-10,12-14H2,2-4H3/b7-6+/t15-/m0/s1. The van der Waals surface area contributed by atoms with Gasteiger partial charge in [0.15, 0.2) is 0 Å². The van der Waals surface area contributed by atoms with Crippen LogP contribution in [-0.2, 0) is 14.3 Å². The maximum Gasteiger partial charge on any atom is 0.147 e. The molecule has 0 aliphatic rings. The molecule has 19 heavy (non-hydrogen) atoms. The normalized spacial score (nSPS) is 13.6. The van der Waals surface area contributed by atoms with E-state index in [1.807, 2.05) is 12.2 Å². The third-order valence-electron chi connectivity index (χ3n) is 2.64. The monoisotopic (exact) mass is 284 g/mol. The van der Waals surface area contributed by atoms with Crippen LogP contribution < -0.4 is 0 Å². The Bertz CT molecular complexity index is 269. The molecule has 0 radical (unpaired) electrons. The predicted molar refractivity (Wildman–Crippen MR) is 83.1 cm³/mol. The van der Waals surface area contributed by atoms with E-state index >= 15 is 0 Å². The van der Waals surface area contributed by atoms with E-state index in [0.29, 0.717) is 13.2 Å². The van der Waals surface area contributed by atoms with E-state index < -0.39 is 8.07 Å². The Morgan fingerprint density at radius 2 is 2.00 bits per heavy atom. The molecule has 0 rings (SSSR count). The van der Waals surface area contributed by atoms with Gasteiger partial charge in [-0.25, -0.2) is 0 Å². The van der Waals surface area contributed by atoms with Crippen LogP contribution in [0.4, 0.5) is 0 Å². The summed E-state index contributed by atoms with van der Waals surface area (Å²) in [6.45, 7) is 11.9. The van der Waals surface area contributed by atoms with Crippen molar-refractivity contribution >= 4 is 14.4 Å². The quantitative estimate of drug-likeness (QED) is 0.180. The van der Waals surface area contributed by atoms with Crippen molar-refractivity contribution in [3.05, 3.63) is 24.8 Å². The van der Waals surface area contributed by atoms with E-state index in [0.717, 1.165) is 31.8 Å². The molecule has 3 nitrogen and oxygen atoms in total. The van der Waals surface area contributed by atoms with Gasteiger partial charge < -0.3 is 14.3 Å². The van der Waals surface area contributed by atoms with Crippen LogP contribution in [0.15, 0.2) is 24.8 Å². The number of allylic oxidation sites excluding steroid dienone is 2. The van der Waals surface area contributed by atoms with Gasteiger partial charge in [0.25, 0.3) is 0 Å². The second-order valence-corrected chi connectivity index (χ2v) is 11.4. The van der Waals surface area contributed by atoms with Crippen LogP contribution in [0.25, 0.3) is 0 Å². The molecule has 0 spiro atoms. The molecule has 0 amide bonds. The number of hydrogen-bond acceptors (Lipinski definition) is 3. The Kier molecular flexibility index (Phi) is 10.7. The fourth-order valence-electron chi connectivity index (χ4n) is 1.37. The fourth-order valence-corrected chi connectivity index (χ4v) is 2.13. The van der Waals surface area contributed by atoms with Crippen molar-refractivity contribution in [2.24, 2.45) is 0 Å². The zero-order valence-electron chi connectivity index (χ0n) is 12.6. The summed E-state index contributed by atoms with van der Waals surface area (Å²) >= 11 is 0. The van der Waals surface area contributed by atoms with Crippen LogP contribution in [0.5, 0.6) is 0 Å². The maximum absolute atomic E-state index is 10.1. The second kappa shape index (κ2) is 11.1. The molecule has 0 saturated carbocycles. The minimum Gasteiger partial charge on any atom is -0.356 e. The van der Waals surface area contributed by atoms with Crippen LogP contribution >= 0.6 is 0 Å². The summed E-state index contributed by atoms with van der Waals surface area (Å²) in [7, 11) is -1.01. The first-order valence-electron chi connectivity index (χ1n) is 6.90. The van der Waals surface area contributed by atoms with Crippen LogP contribution in [-0.4, -0.2) is 33.9 Å². The molecule has 0 aliphatic heterocycles. The first-order valence-corrected chi connectivity index (χ1v) is 10.6. The summed E-state index contributed by atoms with van der Waals surface area (Å²) in [5.41, 5.74) is 0. The van der Waals surface area contributed by atoms with E-state index in [-0.39, 0.29) is 6.10 Å². The average Bonchev–Trinajstić information content (AvgIpc) is 2.34. The zero-order chi connectivity index (χ0) is 14.6. The topological polar surface area (TPSA) is 35.5 Å². The Hall–Kier alpha value is -0.713. The van der Waals surface area contributed by atoms with E-state index in [4.69, 9.17) is 9.47 Å². The molecular weight excluding hydrogens is 256 g/mol. The number of aldehydes is 1. The SMILES string of the molecule is C=C[C@@H](CC/C=C/CC=O)OCOCC[Si](C)(C)C. The lowest BCUT2D eigenvalue weighted by Gasteiger charge is -2.17. The first-order chi connectivity index (χ1) is 8.99. The van der Waals surface area contributed by atoms with Gasteiger partial charge in [-0.15, -0.1) is 6.58 Å². The highest BCUT2D eigenvalue weighted by Crippen LogP contribution is 2.08. The summed E-state index contributed by atoms with van der Waals surface area (Å²) in [6, 6.07) is 1.16. The molecular formula is C15H28O3Si. The van der Waals surface area contributed by atoms with Gasteiger partial charge in [-0.3, -0.25) is 0 Å². The van der Waals surface area contributed by atoms with Crippen molar-refractivity contribution in [3.63, 3.8) is 0 Å². The molecule has 0 bridgehead atoms. The molecule has 0 aliphatic carbocycles. The van der Waals surface area contributed by atoms with Crippen LogP contribution in [0.2, 0.25) is 25.7 Å². The van der Waals surface area contributed by atoms with E-state index in [9.17, 15) is 4.79 Å². The summed E-state index contributed by atoms with van der Waals surface area (Å²) in [4.78, 5) is 10.1. The average molecular weight is 284 g/mol. The molecule has 0 aromatic carbocycles. The van der Waals surface area contributed by atoms with Crippen LogP contribution in [0.3, 0.4) is 0 Å². The zero-order valence-corrected chi connectivity index (χ0v) is 13.6. The number of rotatable bonds is 12. The number of carbonyl (C=O) groups is 1. The lowest BCUT2D eigenvalue weighted by molar-refractivity contribution is -0.107. The highest BCUT2D eigenvalue weighted by atomic mass is 28.3. The van der Waals surface area contributed by atoms with Crippen molar-refractivity contribution in [2.45, 2.75) is 51.1 Å². The van der Waals surface area contributed by atoms with Crippen molar-refractivity contribution < 1.29 is 14.3 Å². The first kappa shape index (κ1) is 18.3. The van der Waals surface area contributed by atoms with Crippen LogP contribution in [0, 0.1) is 0 Å². The molecule has 0 saturated heterocycles. The van der Waals surface area contributed by atoms with Gasteiger partial charge in [0, 0.05) is 21.1 Å². The lowest BCUT2D eigenvalue weighted by atomic mass is 10.2. The molecule has 0 aromatic heterocycles. The number of carbonyl (C=O) groups excluding carboxylic acids is 1. The Morgan fingerprint density at radius 3 is 2.58 bits per heavy atom. The molecule has 0 N–H and O–H groups in total. The van der Waals surface area contributed by atoms with Gasteiger partial charge in [-0.2, -0.15) is 0 Å². The van der Waals surface area contributed by atoms with E-state index in [1.165, 1.54) is 0 Å². The van der Waals surface area contributed by atoms with Gasteiger partial charge in [0.1, 0.15) is 13.1 Å². The van der Waals surface area contributed by atoms with Crippen molar-refractivity contribution in [1.29, 1.82) is 0 Å². The van der Waals surface area contributed by atoms with Crippen molar-refractivity contribution in [2.75, 3.05) is 13.4 Å². The maximum atomic E-state index is 10.1. The van der Waals surface area contributed by atoms with Gasteiger partial charge in [0.2, 0.25) is 0 Å². The van der Waals surface area contributed by atoms with E-state index in [2.05, 4.69) is 26.2 Å². The highest BCUT2D eigenvalue weighted by molar-refractivity contribution is 6.76. The smallest absolute Gasteiger partial charge is 0.147 e. The van der Waals surface area contributed by atoms with Crippen molar-refractivity contribution in [1.82, 2.24) is 0 Å². The third-order valence-corrected chi connectivity index (χ3v) is 4.35. The highest BCUT2D eigenvalue weighted by Gasteiger charge is 2.12. The second-order valence-electron chi connectivity index (χ2n) is 5.73. The molecule has 0 aromatic rings. The lowest BCUT2D eigenvalue weighted by Crippen LogP contribution is -2.22. The number of hydrogen-bond donors (Lipinski definition) is 0. The molecule has 0 fully saturated rings. The summed E-state index contributed by atoms with van der Waals surface area (Å²) in [6.07, 6.45) is 8.83. The summed E-state index contributed by atoms with van der Waals surface area (Å²) in [5.74, 6) is 0. The van der Waals surface area contributed by atoms with Gasteiger partial charge in [-0.1, -0.05) is 37.9 Å². The minimum atomic E-state index is -1.01. The summed E-state index contributed by atoms with van der Waals surface area (Å²) < 4.78 is 11.1. The Morgan fingerprint density at radius 1 is 1.26 bits per heavy atom. The Labute approximate surface area is 118 Å². The number of ether oxygens (including phenoxy) is 2. The largest absolute Gasteiger partial charge is 0.356 e. The van der Waals surface area contributed by atoms with Gasteiger partial charge in [-0.05, 0) is 18.9 Å². The Balaban J connectivity index is 3.59.